The van der Waals surface area contributed by atoms with Crippen LogP contribution in [0.3, 0.4) is 0 Å². The molecule has 0 radical (unpaired) electrons. The Bertz CT molecular complexity index is 784. The van der Waals surface area contributed by atoms with Crippen LogP contribution in [0, 0.1) is 0 Å². The fourth-order valence-electron chi connectivity index (χ4n) is 2.45. The lowest BCUT2D eigenvalue weighted by molar-refractivity contribution is 0.741. The summed E-state index contributed by atoms with van der Waals surface area (Å²) in [6.07, 6.45) is 0. The van der Waals surface area contributed by atoms with E-state index >= 15 is 0 Å². The summed E-state index contributed by atoms with van der Waals surface area (Å²) >= 11 is 7.68. The predicted octanol–water partition coefficient (Wildman–Crippen LogP) is 4.73. The molecule has 0 bridgehead atoms. The molecule has 0 spiro atoms. The summed E-state index contributed by atoms with van der Waals surface area (Å²) in [5.74, 6) is 0. The van der Waals surface area contributed by atoms with Crippen LogP contribution in [-0.2, 0) is 0 Å². The van der Waals surface area contributed by atoms with Crippen molar-refractivity contribution in [2.75, 3.05) is 17.7 Å². The average Bonchev–Trinajstić information content (AvgIpc) is 2.95. The highest BCUT2D eigenvalue weighted by atomic mass is 35.5. The van der Waals surface area contributed by atoms with Gasteiger partial charge in [0.05, 0.1) is 27.6 Å². The molecule has 1 aromatic heterocycles. The van der Waals surface area contributed by atoms with E-state index in [4.69, 9.17) is 17.3 Å². The largest absolute Gasteiger partial charge is 0.395 e. The van der Waals surface area contributed by atoms with Gasteiger partial charge in [-0.2, -0.15) is 0 Å². The third kappa shape index (κ3) is 2.57. The van der Waals surface area contributed by atoms with Crippen molar-refractivity contribution in [2.45, 2.75) is 13.0 Å². The van der Waals surface area contributed by atoms with Gasteiger partial charge in [0.2, 0.25) is 0 Å². The summed E-state index contributed by atoms with van der Waals surface area (Å²) in [5, 5.41) is 0.746. The molecular formula is C16H16ClN3S. The van der Waals surface area contributed by atoms with Crippen molar-refractivity contribution in [1.82, 2.24) is 4.98 Å². The molecule has 1 atom stereocenters. The monoisotopic (exact) mass is 317 g/mol. The van der Waals surface area contributed by atoms with Gasteiger partial charge in [0.15, 0.2) is 0 Å². The van der Waals surface area contributed by atoms with Gasteiger partial charge < -0.3 is 10.6 Å². The smallest absolute Gasteiger partial charge is 0.106 e. The van der Waals surface area contributed by atoms with Crippen molar-refractivity contribution in [3.05, 3.63) is 52.5 Å². The highest BCUT2D eigenvalue weighted by Gasteiger charge is 2.17. The van der Waals surface area contributed by atoms with Gasteiger partial charge in [-0.05, 0) is 36.8 Å². The number of benzene rings is 2. The van der Waals surface area contributed by atoms with Gasteiger partial charge in [-0.25, -0.2) is 4.98 Å². The van der Waals surface area contributed by atoms with Crippen molar-refractivity contribution in [3.8, 4) is 0 Å². The first-order chi connectivity index (χ1) is 10.1. The molecule has 1 unspecified atom stereocenters. The van der Waals surface area contributed by atoms with E-state index in [0.717, 1.165) is 32.2 Å². The maximum Gasteiger partial charge on any atom is 0.106 e. The van der Waals surface area contributed by atoms with E-state index < -0.39 is 0 Å². The van der Waals surface area contributed by atoms with Crippen molar-refractivity contribution in [2.24, 2.45) is 0 Å². The molecule has 0 aliphatic rings. The number of rotatable bonds is 3. The molecule has 2 aromatic carbocycles. The van der Waals surface area contributed by atoms with E-state index in [0.29, 0.717) is 0 Å². The molecule has 3 nitrogen and oxygen atoms in total. The second kappa shape index (κ2) is 5.54. The fourth-order valence-corrected chi connectivity index (χ4v) is 3.34. The maximum atomic E-state index is 6.29. The first kappa shape index (κ1) is 14.2. The van der Waals surface area contributed by atoms with Crippen LogP contribution in [0.15, 0.2) is 41.9 Å². The number of hydrogen-bond donors (Lipinski definition) is 1. The maximum absolute atomic E-state index is 6.29. The lowest BCUT2D eigenvalue weighted by Gasteiger charge is -2.28. The molecule has 0 aliphatic heterocycles. The van der Waals surface area contributed by atoms with Gasteiger partial charge in [-0.1, -0.05) is 23.7 Å². The van der Waals surface area contributed by atoms with E-state index in [1.165, 1.54) is 0 Å². The lowest BCUT2D eigenvalue weighted by Crippen LogP contribution is -2.22. The Kier molecular flexibility index (Phi) is 3.74. The molecule has 1 heterocycles. The van der Waals surface area contributed by atoms with Crippen molar-refractivity contribution >= 4 is 44.5 Å². The second-order valence-corrected chi connectivity index (χ2v) is 6.36. The molecule has 108 valence electrons. The number of fused-ring (bicyclic) bond motifs is 1. The van der Waals surface area contributed by atoms with Crippen molar-refractivity contribution in [1.29, 1.82) is 0 Å². The van der Waals surface area contributed by atoms with Gasteiger partial charge in [-0.15, -0.1) is 11.3 Å². The summed E-state index contributed by atoms with van der Waals surface area (Å²) in [7, 11) is 2.04. The Morgan fingerprint density at radius 1 is 1.29 bits per heavy atom. The number of thiazole rings is 1. The molecule has 3 rings (SSSR count). The zero-order valence-electron chi connectivity index (χ0n) is 11.9. The number of nitrogens with two attached hydrogens (primary N) is 1. The van der Waals surface area contributed by atoms with Crippen molar-refractivity contribution in [3.63, 3.8) is 0 Å². The Hall–Kier alpha value is -1.78. The standard InChI is InChI=1S/C16H16ClN3S/c1-10(11-4-3-5-12(17)8-11)20(2)13-6-7-14-16(15(13)18)19-9-21-14/h3-10H,18H2,1-2H3. The minimum Gasteiger partial charge on any atom is -0.395 e. The highest BCUT2D eigenvalue weighted by Crippen LogP contribution is 2.35. The molecule has 21 heavy (non-hydrogen) atoms. The van der Waals surface area contributed by atoms with Gasteiger partial charge >= 0.3 is 0 Å². The molecule has 0 amide bonds. The van der Waals surface area contributed by atoms with Gasteiger partial charge in [-0.3, -0.25) is 0 Å². The number of halogens is 1. The average molecular weight is 318 g/mol. The van der Waals surface area contributed by atoms with Crippen LogP contribution in [0.25, 0.3) is 10.2 Å². The number of nitrogens with zero attached hydrogens (tertiary/aromatic N) is 2. The van der Waals surface area contributed by atoms with Crippen LogP contribution in [0.4, 0.5) is 11.4 Å². The van der Waals surface area contributed by atoms with E-state index in [2.05, 4.69) is 35.0 Å². The van der Waals surface area contributed by atoms with Crippen LogP contribution >= 0.6 is 22.9 Å². The van der Waals surface area contributed by atoms with Crippen LogP contribution < -0.4 is 10.6 Å². The number of aromatic nitrogens is 1. The summed E-state index contributed by atoms with van der Waals surface area (Å²) in [5.41, 5.74) is 11.9. The van der Waals surface area contributed by atoms with Gasteiger partial charge in [0, 0.05) is 12.1 Å². The molecular weight excluding hydrogens is 302 g/mol. The van der Waals surface area contributed by atoms with E-state index in [1.54, 1.807) is 11.3 Å². The first-order valence-corrected chi connectivity index (χ1v) is 7.93. The molecule has 3 aromatic rings. The molecule has 0 aliphatic carbocycles. The molecule has 0 saturated carbocycles. The zero-order chi connectivity index (χ0) is 15.0. The molecule has 0 saturated heterocycles. The van der Waals surface area contributed by atoms with Gasteiger partial charge in [0.1, 0.15) is 5.52 Å². The Balaban J connectivity index is 1.99. The summed E-state index contributed by atoms with van der Waals surface area (Å²) in [6.45, 7) is 2.14. The van der Waals surface area contributed by atoms with Crippen LogP contribution in [0.1, 0.15) is 18.5 Å². The van der Waals surface area contributed by atoms with Crippen LogP contribution in [0.2, 0.25) is 5.02 Å². The molecule has 5 heteroatoms. The number of hydrogen-bond acceptors (Lipinski definition) is 4. The van der Waals surface area contributed by atoms with E-state index in [9.17, 15) is 0 Å². The van der Waals surface area contributed by atoms with E-state index in [-0.39, 0.29) is 6.04 Å². The predicted molar refractivity (Wildman–Crippen MR) is 92.3 cm³/mol. The molecule has 0 fully saturated rings. The minimum absolute atomic E-state index is 0.169. The zero-order valence-corrected chi connectivity index (χ0v) is 13.4. The Morgan fingerprint density at radius 2 is 2.10 bits per heavy atom. The number of anilines is 2. The van der Waals surface area contributed by atoms with Gasteiger partial charge in [0.25, 0.3) is 0 Å². The third-order valence-corrected chi connectivity index (χ3v) is 4.84. The summed E-state index contributed by atoms with van der Waals surface area (Å²) in [6, 6.07) is 12.2. The number of nitrogen functional groups attached to an aromatic ring is 1. The summed E-state index contributed by atoms with van der Waals surface area (Å²) < 4.78 is 1.11. The normalized spacial score (nSPS) is 12.5. The Morgan fingerprint density at radius 3 is 2.86 bits per heavy atom. The lowest BCUT2D eigenvalue weighted by atomic mass is 10.1. The Labute approximate surface area is 133 Å². The van der Waals surface area contributed by atoms with Crippen LogP contribution in [-0.4, -0.2) is 12.0 Å². The first-order valence-electron chi connectivity index (χ1n) is 6.68. The van der Waals surface area contributed by atoms with Crippen molar-refractivity contribution < 1.29 is 0 Å². The summed E-state index contributed by atoms with van der Waals surface area (Å²) in [4.78, 5) is 6.51. The minimum atomic E-state index is 0.169. The topological polar surface area (TPSA) is 42.2 Å². The van der Waals surface area contributed by atoms with E-state index in [1.807, 2.05) is 30.8 Å². The fraction of sp³-hybridized carbons (Fsp3) is 0.188. The SMILES string of the molecule is CC(c1cccc(Cl)c1)N(C)c1ccc2scnc2c1N. The second-order valence-electron chi connectivity index (χ2n) is 5.04. The van der Waals surface area contributed by atoms with Crippen LogP contribution in [0.5, 0.6) is 0 Å². The third-order valence-electron chi connectivity index (χ3n) is 3.81. The molecule has 2 N–H and O–H groups in total. The quantitative estimate of drug-likeness (QED) is 0.710. The highest BCUT2D eigenvalue weighted by molar-refractivity contribution is 7.16.